The van der Waals surface area contributed by atoms with Gasteiger partial charge in [-0.05, 0) is 49.4 Å². The molecule has 21 heavy (non-hydrogen) atoms. The summed E-state index contributed by atoms with van der Waals surface area (Å²) in [5.41, 5.74) is 1.68. The minimum atomic E-state index is -0.942. The van der Waals surface area contributed by atoms with Crippen molar-refractivity contribution >= 4 is 33.6 Å². The van der Waals surface area contributed by atoms with Crippen molar-refractivity contribution in [2.24, 2.45) is 5.92 Å². The van der Waals surface area contributed by atoms with Crippen LogP contribution in [0.5, 0.6) is 0 Å². The second-order valence-electron chi connectivity index (χ2n) is 5.62. The van der Waals surface area contributed by atoms with Gasteiger partial charge in [-0.15, -0.1) is 0 Å². The highest BCUT2D eigenvalue weighted by Crippen LogP contribution is 2.24. The number of benzene rings is 1. The number of hydrogen-bond donors (Lipinski definition) is 2. The van der Waals surface area contributed by atoms with Crippen LogP contribution in [-0.2, 0) is 4.79 Å². The molecule has 2 N–H and O–H groups in total. The molecule has 2 rings (SSSR count). The lowest BCUT2D eigenvalue weighted by Gasteiger charge is -2.35. The van der Waals surface area contributed by atoms with Gasteiger partial charge in [0.2, 0.25) is 0 Å². The van der Waals surface area contributed by atoms with E-state index in [1.165, 1.54) is 4.90 Å². The van der Waals surface area contributed by atoms with Crippen molar-refractivity contribution in [2.45, 2.75) is 32.7 Å². The fraction of sp³-hybridized carbons (Fsp3) is 0.467. The molecule has 0 bridgehead atoms. The smallest absolute Gasteiger partial charge is 0.326 e. The number of anilines is 1. The van der Waals surface area contributed by atoms with Gasteiger partial charge in [0.05, 0.1) is 0 Å². The van der Waals surface area contributed by atoms with Crippen molar-refractivity contribution in [3.63, 3.8) is 0 Å². The monoisotopic (exact) mass is 354 g/mol. The molecule has 6 heteroatoms. The number of carboxylic acids is 1. The summed E-state index contributed by atoms with van der Waals surface area (Å²) in [7, 11) is 0. The third kappa shape index (κ3) is 3.97. The minimum absolute atomic E-state index is 0.322. The molecule has 5 nitrogen and oxygen atoms in total. The maximum Gasteiger partial charge on any atom is 0.326 e. The van der Waals surface area contributed by atoms with E-state index in [-0.39, 0.29) is 6.03 Å². The van der Waals surface area contributed by atoms with Gasteiger partial charge in [-0.3, -0.25) is 0 Å². The van der Waals surface area contributed by atoms with E-state index in [1.54, 1.807) is 6.07 Å². The van der Waals surface area contributed by atoms with Crippen LogP contribution in [0, 0.1) is 12.8 Å². The van der Waals surface area contributed by atoms with E-state index in [9.17, 15) is 14.7 Å². The molecule has 0 spiro atoms. The molecule has 0 aromatic heterocycles. The van der Waals surface area contributed by atoms with Gasteiger partial charge in [-0.1, -0.05) is 22.9 Å². The van der Waals surface area contributed by atoms with Crippen molar-refractivity contribution in [1.82, 2.24) is 4.90 Å². The number of hydrogen-bond acceptors (Lipinski definition) is 2. The van der Waals surface area contributed by atoms with E-state index in [2.05, 4.69) is 21.2 Å². The quantitative estimate of drug-likeness (QED) is 0.853. The maximum absolute atomic E-state index is 12.3. The number of amides is 2. The first kappa shape index (κ1) is 15.8. The van der Waals surface area contributed by atoms with E-state index < -0.39 is 12.0 Å². The van der Waals surface area contributed by atoms with E-state index in [4.69, 9.17) is 0 Å². The van der Waals surface area contributed by atoms with Gasteiger partial charge in [0, 0.05) is 16.7 Å². The largest absolute Gasteiger partial charge is 0.480 e. The van der Waals surface area contributed by atoms with Gasteiger partial charge in [-0.25, -0.2) is 9.59 Å². The van der Waals surface area contributed by atoms with Gasteiger partial charge >= 0.3 is 12.0 Å². The summed E-state index contributed by atoms with van der Waals surface area (Å²) >= 11 is 3.38. The number of urea groups is 1. The lowest BCUT2D eigenvalue weighted by Crippen LogP contribution is -2.51. The molecule has 1 aliphatic rings. The Hall–Kier alpha value is -1.56. The van der Waals surface area contributed by atoms with Crippen LogP contribution in [0.25, 0.3) is 0 Å². The number of carboxylic acid groups (broad SMARTS) is 1. The average Bonchev–Trinajstić information content (AvgIpc) is 2.36. The van der Waals surface area contributed by atoms with Crippen LogP contribution in [0.1, 0.15) is 25.3 Å². The van der Waals surface area contributed by atoms with Gasteiger partial charge in [-0.2, -0.15) is 0 Å². The zero-order chi connectivity index (χ0) is 15.6. The van der Waals surface area contributed by atoms with Crippen molar-refractivity contribution in [3.8, 4) is 0 Å². The Kier molecular flexibility index (Phi) is 4.88. The Morgan fingerprint density at radius 3 is 2.71 bits per heavy atom. The van der Waals surface area contributed by atoms with Crippen molar-refractivity contribution in [2.75, 3.05) is 11.9 Å². The summed E-state index contributed by atoms with van der Waals surface area (Å²) < 4.78 is 0.875. The fourth-order valence-corrected chi connectivity index (χ4v) is 3.23. The number of halogens is 1. The van der Waals surface area contributed by atoms with Crippen molar-refractivity contribution in [1.29, 1.82) is 0 Å². The second kappa shape index (κ2) is 6.47. The zero-order valence-corrected chi connectivity index (χ0v) is 13.7. The zero-order valence-electron chi connectivity index (χ0n) is 12.1. The Morgan fingerprint density at radius 2 is 2.10 bits per heavy atom. The predicted molar refractivity (Wildman–Crippen MR) is 84.4 cm³/mol. The second-order valence-corrected chi connectivity index (χ2v) is 6.54. The third-order valence-electron chi connectivity index (χ3n) is 3.70. The Labute approximate surface area is 132 Å². The van der Waals surface area contributed by atoms with Crippen LogP contribution in [0.2, 0.25) is 0 Å². The Balaban J connectivity index is 2.12. The number of likely N-dealkylation sites (tertiary alicyclic amines) is 1. The van der Waals surface area contributed by atoms with E-state index >= 15 is 0 Å². The SMILES string of the molecule is Cc1cc(Br)cc(NC(=O)N2CCC(C)CC2C(=O)O)c1. The lowest BCUT2D eigenvalue weighted by atomic mass is 9.93. The highest BCUT2D eigenvalue weighted by molar-refractivity contribution is 9.10. The molecule has 2 unspecified atom stereocenters. The number of carbonyl (C=O) groups is 2. The van der Waals surface area contributed by atoms with Crippen LogP contribution in [0.4, 0.5) is 10.5 Å². The Morgan fingerprint density at radius 1 is 1.38 bits per heavy atom. The highest BCUT2D eigenvalue weighted by atomic mass is 79.9. The summed E-state index contributed by atoms with van der Waals surface area (Å²) in [4.78, 5) is 25.1. The van der Waals surface area contributed by atoms with Crippen LogP contribution in [0.15, 0.2) is 22.7 Å². The topological polar surface area (TPSA) is 69.6 Å². The normalized spacial score (nSPS) is 22.0. The van der Waals surface area contributed by atoms with Gasteiger partial charge in [0.25, 0.3) is 0 Å². The minimum Gasteiger partial charge on any atom is -0.480 e. The van der Waals surface area contributed by atoms with Crippen molar-refractivity contribution in [3.05, 3.63) is 28.2 Å². The molecule has 1 saturated heterocycles. The van der Waals surface area contributed by atoms with Crippen LogP contribution >= 0.6 is 15.9 Å². The Bertz CT molecular complexity index is 542. The molecule has 0 saturated carbocycles. The summed E-state index contributed by atoms with van der Waals surface area (Å²) in [6.07, 6.45) is 1.33. The molecule has 1 fully saturated rings. The first-order chi connectivity index (χ1) is 9.86. The molecule has 2 atom stereocenters. The predicted octanol–water partition coefficient (Wildman–Crippen LogP) is 3.47. The molecular weight excluding hydrogens is 336 g/mol. The number of nitrogens with zero attached hydrogens (tertiary/aromatic N) is 1. The van der Waals surface area contributed by atoms with Crippen LogP contribution in [0.3, 0.4) is 0 Å². The summed E-state index contributed by atoms with van der Waals surface area (Å²) in [6.45, 7) is 4.42. The number of rotatable bonds is 2. The molecule has 114 valence electrons. The molecule has 1 aliphatic heterocycles. The fourth-order valence-electron chi connectivity index (χ4n) is 2.62. The average molecular weight is 355 g/mol. The van der Waals surface area contributed by atoms with E-state index in [1.807, 2.05) is 26.0 Å². The number of aryl methyl sites for hydroxylation is 1. The first-order valence-electron chi connectivity index (χ1n) is 6.94. The van der Waals surface area contributed by atoms with Gasteiger partial charge in [0.1, 0.15) is 6.04 Å². The molecule has 2 amide bonds. The van der Waals surface area contributed by atoms with Crippen molar-refractivity contribution < 1.29 is 14.7 Å². The molecule has 1 heterocycles. The third-order valence-corrected chi connectivity index (χ3v) is 4.16. The summed E-state index contributed by atoms with van der Waals surface area (Å²) in [6, 6.07) is 4.49. The first-order valence-corrected chi connectivity index (χ1v) is 7.73. The number of aliphatic carboxylic acids is 1. The van der Waals surface area contributed by atoms with Crippen LogP contribution in [-0.4, -0.2) is 34.6 Å². The molecular formula is C15H19BrN2O3. The van der Waals surface area contributed by atoms with Crippen LogP contribution < -0.4 is 5.32 Å². The lowest BCUT2D eigenvalue weighted by molar-refractivity contribution is -0.143. The van der Waals surface area contributed by atoms with Gasteiger partial charge in [0.15, 0.2) is 0 Å². The highest BCUT2D eigenvalue weighted by Gasteiger charge is 2.34. The molecule has 1 aromatic rings. The summed E-state index contributed by atoms with van der Waals surface area (Å²) in [5, 5.41) is 12.1. The molecule has 1 aromatic carbocycles. The standard InChI is InChI=1S/C15H19BrN2O3/c1-9-3-4-18(13(7-9)14(19)20)15(21)17-12-6-10(2)5-11(16)8-12/h5-6,8-9,13H,3-4,7H2,1-2H3,(H,17,21)(H,19,20). The van der Waals surface area contributed by atoms with E-state index in [0.29, 0.717) is 24.6 Å². The molecule has 0 radical (unpaired) electrons. The summed E-state index contributed by atoms with van der Waals surface area (Å²) in [5.74, 6) is -0.620. The number of nitrogens with one attached hydrogen (secondary N) is 1. The van der Waals surface area contributed by atoms with Gasteiger partial charge < -0.3 is 15.3 Å². The molecule has 0 aliphatic carbocycles. The number of piperidine rings is 1. The maximum atomic E-state index is 12.3. The van der Waals surface area contributed by atoms with E-state index in [0.717, 1.165) is 16.5 Å². The number of carbonyl (C=O) groups excluding carboxylic acids is 1.